The van der Waals surface area contributed by atoms with Crippen LogP contribution in [-0.4, -0.2) is 12.6 Å². The maximum atomic E-state index is 5.75. The standard InChI is InChI=1S/C16H25NO/c1-4-5-6-13-7-8-16-14(11-13)15(9-10-18-16)17-12(2)3/h7-8,11-12,15,17H,4-6,9-10H2,1-3H3. The Morgan fingerprint density at radius 1 is 1.39 bits per heavy atom. The molecule has 2 rings (SSSR count). The van der Waals surface area contributed by atoms with E-state index in [9.17, 15) is 0 Å². The molecule has 0 fully saturated rings. The Morgan fingerprint density at radius 3 is 2.94 bits per heavy atom. The van der Waals surface area contributed by atoms with Gasteiger partial charge in [0.15, 0.2) is 0 Å². The molecule has 1 aromatic rings. The minimum absolute atomic E-state index is 0.454. The summed E-state index contributed by atoms with van der Waals surface area (Å²) in [6, 6.07) is 7.67. The van der Waals surface area contributed by atoms with Gasteiger partial charge in [-0.1, -0.05) is 39.3 Å². The van der Waals surface area contributed by atoms with Crippen LogP contribution in [0.25, 0.3) is 0 Å². The van der Waals surface area contributed by atoms with Crippen LogP contribution < -0.4 is 10.1 Å². The molecule has 1 aliphatic rings. The number of ether oxygens (including phenoxy) is 1. The Balaban J connectivity index is 2.18. The molecular formula is C16H25NO. The van der Waals surface area contributed by atoms with Crippen molar-refractivity contribution in [3.63, 3.8) is 0 Å². The molecule has 1 heterocycles. The van der Waals surface area contributed by atoms with Crippen molar-refractivity contribution in [1.29, 1.82) is 0 Å². The molecule has 0 bridgehead atoms. The van der Waals surface area contributed by atoms with Crippen LogP contribution in [0.2, 0.25) is 0 Å². The van der Waals surface area contributed by atoms with Crippen molar-refractivity contribution in [1.82, 2.24) is 5.32 Å². The molecule has 0 radical (unpaired) electrons. The van der Waals surface area contributed by atoms with Gasteiger partial charge in [-0.05, 0) is 24.5 Å². The van der Waals surface area contributed by atoms with Gasteiger partial charge < -0.3 is 10.1 Å². The SMILES string of the molecule is CCCCc1ccc2c(c1)C(NC(C)C)CCO2. The number of benzene rings is 1. The van der Waals surface area contributed by atoms with Gasteiger partial charge in [0.05, 0.1) is 6.61 Å². The van der Waals surface area contributed by atoms with Crippen LogP contribution in [0.1, 0.15) is 57.2 Å². The molecule has 0 aromatic heterocycles. The summed E-state index contributed by atoms with van der Waals surface area (Å²) in [4.78, 5) is 0. The maximum Gasteiger partial charge on any atom is 0.124 e. The van der Waals surface area contributed by atoms with Gasteiger partial charge >= 0.3 is 0 Å². The first-order valence-corrected chi connectivity index (χ1v) is 7.22. The molecule has 1 unspecified atom stereocenters. The summed E-state index contributed by atoms with van der Waals surface area (Å²) in [5, 5.41) is 3.64. The normalized spacial score (nSPS) is 18.6. The molecule has 2 nitrogen and oxygen atoms in total. The van der Waals surface area contributed by atoms with Gasteiger partial charge in [0, 0.05) is 24.1 Å². The Morgan fingerprint density at radius 2 is 2.22 bits per heavy atom. The van der Waals surface area contributed by atoms with Crippen molar-refractivity contribution < 1.29 is 4.74 Å². The fourth-order valence-corrected chi connectivity index (χ4v) is 2.56. The van der Waals surface area contributed by atoms with E-state index in [0.717, 1.165) is 18.8 Å². The summed E-state index contributed by atoms with van der Waals surface area (Å²) >= 11 is 0. The Hall–Kier alpha value is -1.02. The third-order valence-electron chi connectivity index (χ3n) is 3.47. The third-order valence-corrected chi connectivity index (χ3v) is 3.47. The molecule has 1 N–H and O–H groups in total. The van der Waals surface area contributed by atoms with Crippen LogP contribution in [-0.2, 0) is 6.42 Å². The van der Waals surface area contributed by atoms with Crippen LogP contribution in [0, 0.1) is 0 Å². The molecule has 1 aliphatic heterocycles. The molecule has 1 atom stereocenters. The molecular weight excluding hydrogens is 222 g/mol. The topological polar surface area (TPSA) is 21.3 Å². The average Bonchev–Trinajstić information content (AvgIpc) is 2.36. The average molecular weight is 247 g/mol. The molecule has 0 spiro atoms. The Bertz CT molecular complexity index is 387. The van der Waals surface area contributed by atoms with Gasteiger partial charge in [-0.3, -0.25) is 0 Å². The first kappa shape index (κ1) is 13.4. The summed E-state index contributed by atoms with van der Waals surface area (Å²) < 4.78 is 5.75. The lowest BCUT2D eigenvalue weighted by Crippen LogP contribution is -2.32. The number of nitrogens with one attached hydrogen (secondary N) is 1. The van der Waals surface area contributed by atoms with E-state index in [4.69, 9.17) is 4.74 Å². The van der Waals surface area contributed by atoms with Gasteiger partial charge in [0.1, 0.15) is 5.75 Å². The number of rotatable bonds is 5. The van der Waals surface area contributed by atoms with E-state index >= 15 is 0 Å². The summed E-state index contributed by atoms with van der Waals surface area (Å²) in [5.74, 6) is 1.07. The summed E-state index contributed by atoms with van der Waals surface area (Å²) in [6.45, 7) is 7.47. The highest BCUT2D eigenvalue weighted by Crippen LogP contribution is 2.33. The highest BCUT2D eigenvalue weighted by atomic mass is 16.5. The highest BCUT2D eigenvalue weighted by Gasteiger charge is 2.21. The van der Waals surface area contributed by atoms with Crippen molar-refractivity contribution in [2.75, 3.05) is 6.61 Å². The fraction of sp³-hybridized carbons (Fsp3) is 0.625. The summed E-state index contributed by atoms with van der Waals surface area (Å²) in [7, 11) is 0. The van der Waals surface area contributed by atoms with Crippen LogP contribution in [0.15, 0.2) is 18.2 Å². The number of hydrogen-bond acceptors (Lipinski definition) is 2. The minimum atomic E-state index is 0.454. The lowest BCUT2D eigenvalue weighted by atomic mass is 9.96. The van der Waals surface area contributed by atoms with Crippen molar-refractivity contribution in [2.45, 2.75) is 58.5 Å². The van der Waals surface area contributed by atoms with Gasteiger partial charge in [0.2, 0.25) is 0 Å². The third kappa shape index (κ3) is 3.26. The summed E-state index contributed by atoms with van der Waals surface area (Å²) in [6.07, 6.45) is 4.77. The predicted octanol–water partition coefficient (Wildman–Crippen LogP) is 3.85. The fourth-order valence-electron chi connectivity index (χ4n) is 2.56. The van der Waals surface area contributed by atoms with E-state index in [2.05, 4.69) is 44.3 Å². The van der Waals surface area contributed by atoms with Gasteiger partial charge in [-0.25, -0.2) is 0 Å². The first-order chi connectivity index (χ1) is 8.70. The predicted molar refractivity (Wildman–Crippen MR) is 76.2 cm³/mol. The van der Waals surface area contributed by atoms with Crippen molar-refractivity contribution >= 4 is 0 Å². The molecule has 100 valence electrons. The lowest BCUT2D eigenvalue weighted by Gasteiger charge is -2.29. The molecule has 0 amide bonds. The van der Waals surface area contributed by atoms with Crippen LogP contribution in [0.3, 0.4) is 0 Å². The first-order valence-electron chi connectivity index (χ1n) is 7.22. The largest absolute Gasteiger partial charge is 0.493 e. The zero-order valence-electron chi connectivity index (χ0n) is 11.8. The van der Waals surface area contributed by atoms with Gasteiger partial charge in [-0.15, -0.1) is 0 Å². The summed E-state index contributed by atoms with van der Waals surface area (Å²) in [5.41, 5.74) is 2.79. The van der Waals surface area contributed by atoms with Crippen LogP contribution >= 0.6 is 0 Å². The maximum absolute atomic E-state index is 5.75. The monoisotopic (exact) mass is 247 g/mol. The highest BCUT2D eigenvalue weighted by molar-refractivity contribution is 5.41. The quantitative estimate of drug-likeness (QED) is 0.853. The van der Waals surface area contributed by atoms with Crippen LogP contribution in [0.4, 0.5) is 0 Å². The van der Waals surface area contributed by atoms with E-state index in [0.29, 0.717) is 12.1 Å². The van der Waals surface area contributed by atoms with Gasteiger partial charge in [0.25, 0.3) is 0 Å². The molecule has 0 saturated heterocycles. The van der Waals surface area contributed by atoms with Crippen molar-refractivity contribution in [3.05, 3.63) is 29.3 Å². The number of aryl methyl sites for hydroxylation is 1. The van der Waals surface area contributed by atoms with Crippen LogP contribution in [0.5, 0.6) is 5.75 Å². The Kier molecular flexibility index (Phi) is 4.65. The molecule has 1 aromatic carbocycles. The van der Waals surface area contributed by atoms with E-state index in [-0.39, 0.29) is 0 Å². The number of hydrogen-bond donors (Lipinski definition) is 1. The van der Waals surface area contributed by atoms with Crippen molar-refractivity contribution in [3.8, 4) is 5.75 Å². The van der Waals surface area contributed by atoms with E-state index in [1.165, 1.54) is 30.4 Å². The molecule has 2 heteroatoms. The molecule has 0 saturated carbocycles. The zero-order chi connectivity index (χ0) is 13.0. The second kappa shape index (κ2) is 6.24. The van der Waals surface area contributed by atoms with Gasteiger partial charge in [-0.2, -0.15) is 0 Å². The lowest BCUT2D eigenvalue weighted by molar-refractivity contribution is 0.247. The van der Waals surface area contributed by atoms with E-state index < -0.39 is 0 Å². The second-order valence-electron chi connectivity index (χ2n) is 5.49. The zero-order valence-corrected chi connectivity index (χ0v) is 11.8. The van der Waals surface area contributed by atoms with E-state index in [1.807, 2.05) is 0 Å². The van der Waals surface area contributed by atoms with E-state index in [1.54, 1.807) is 0 Å². The Labute approximate surface area is 111 Å². The second-order valence-corrected chi connectivity index (χ2v) is 5.49. The smallest absolute Gasteiger partial charge is 0.124 e. The van der Waals surface area contributed by atoms with Crippen molar-refractivity contribution in [2.24, 2.45) is 0 Å². The number of unbranched alkanes of at least 4 members (excludes halogenated alkanes) is 1. The minimum Gasteiger partial charge on any atom is -0.493 e. The molecule has 0 aliphatic carbocycles. The molecule has 18 heavy (non-hydrogen) atoms. The number of fused-ring (bicyclic) bond motifs is 1.